The van der Waals surface area contributed by atoms with E-state index in [9.17, 15) is 10.2 Å². The number of hydrogen-bond acceptors (Lipinski definition) is 2. The number of aliphatic hydroxyl groups excluding tert-OH is 2. The Labute approximate surface area is 102 Å². The molecule has 1 aromatic rings. The molecular weight excluding hydrogens is 212 g/mol. The van der Waals surface area contributed by atoms with E-state index >= 15 is 0 Å². The van der Waals surface area contributed by atoms with Gasteiger partial charge in [-0.25, -0.2) is 0 Å². The van der Waals surface area contributed by atoms with Gasteiger partial charge in [0.25, 0.3) is 0 Å². The molecule has 0 aliphatic heterocycles. The predicted octanol–water partition coefficient (Wildman–Crippen LogP) is 2.75. The molecule has 2 N–H and O–H groups in total. The Morgan fingerprint density at radius 1 is 1.00 bits per heavy atom. The number of rotatable bonds is 4. The summed E-state index contributed by atoms with van der Waals surface area (Å²) in [6.07, 6.45) is 7.23. The molecule has 2 nitrogen and oxygen atoms in total. The second kappa shape index (κ2) is 5.80. The van der Waals surface area contributed by atoms with Crippen LogP contribution in [0.5, 0.6) is 0 Å². The standard InChI is InChI=1S/C15H18O2/c16-14(12-7-3-1-4-8-12)11-15(17)13-9-5-2-6-10-13/h1,3-5,7-10,14-17H,2,6,11H2/t14-,15+/m0/s1. The van der Waals surface area contributed by atoms with Crippen molar-refractivity contribution in [2.75, 3.05) is 0 Å². The van der Waals surface area contributed by atoms with Gasteiger partial charge in [0, 0.05) is 6.42 Å². The monoisotopic (exact) mass is 230 g/mol. The largest absolute Gasteiger partial charge is 0.388 e. The lowest BCUT2D eigenvalue weighted by Gasteiger charge is -2.18. The Morgan fingerprint density at radius 3 is 2.41 bits per heavy atom. The first-order chi connectivity index (χ1) is 8.27. The summed E-state index contributed by atoms with van der Waals surface area (Å²) in [5.74, 6) is 0. The molecule has 90 valence electrons. The van der Waals surface area contributed by atoms with Gasteiger partial charge in [0.2, 0.25) is 0 Å². The molecule has 1 aliphatic rings. The van der Waals surface area contributed by atoms with Crippen molar-refractivity contribution < 1.29 is 10.2 Å². The number of hydrogen-bond donors (Lipinski definition) is 2. The van der Waals surface area contributed by atoms with Crippen LogP contribution >= 0.6 is 0 Å². The van der Waals surface area contributed by atoms with E-state index in [-0.39, 0.29) is 0 Å². The third-order valence-corrected chi connectivity index (χ3v) is 3.04. The van der Waals surface area contributed by atoms with Crippen molar-refractivity contribution in [2.45, 2.75) is 31.5 Å². The summed E-state index contributed by atoms with van der Waals surface area (Å²) in [6.45, 7) is 0. The summed E-state index contributed by atoms with van der Waals surface area (Å²) in [4.78, 5) is 0. The molecule has 2 atom stereocenters. The summed E-state index contributed by atoms with van der Waals surface area (Å²) in [7, 11) is 0. The quantitative estimate of drug-likeness (QED) is 0.835. The molecule has 0 heterocycles. The van der Waals surface area contributed by atoms with Gasteiger partial charge in [-0.05, 0) is 24.0 Å². The third kappa shape index (κ3) is 3.29. The Balaban J connectivity index is 1.97. The van der Waals surface area contributed by atoms with Crippen LogP contribution < -0.4 is 0 Å². The fraction of sp³-hybridized carbons (Fsp3) is 0.333. The summed E-state index contributed by atoms with van der Waals surface area (Å²) >= 11 is 0. The maximum absolute atomic E-state index is 10.0. The molecule has 0 aromatic heterocycles. The van der Waals surface area contributed by atoms with E-state index in [0.717, 1.165) is 24.0 Å². The van der Waals surface area contributed by atoms with Crippen molar-refractivity contribution in [3.63, 3.8) is 0 Å². The summed E-state index contributed by atoms with van der Waals surface area (Å²) in [5.41, 5.74) is 1.78. The van der Waals surface area contributed by atoms with Crippen LogP contribution in [-0.2, 0) is 0 Å². The van der Waals surface area contributed by atoms with Crippen molar-refractivity contribution in [3.05, 3.63) is 59.7 Å². The average Bonchev–Trinajstić information content (AvgIpc) is 2.40. The van der Waals surface area contributed by atoms with Gasteiger partial charge in [-0.2, -0.15) is 0 Å². The Bertz CT molecular complexity index is 406. The van der Waals surface area contributed by atoms with Crippen LogP contribution in [0.15, 0.2) is 54.1 Å². The van der Waals surface area contributed by atoms with Crippen molar-refractivity contribution in [1.82, 2.24) is 0 Å². The van der Waals surface area contributed by atoms with Gasteiger partial charge in [0.1, 0.15) is 0 Å². The van der Waals surface area contributed by atoms with Gasteiger partial charge < -0.3 is 10.2 Å². The molecule has 2 heteroatoms. The lowest BCUT2D eigenvalue weighted by Crippen LogP contribution is -2.15. The highest BCUT2D eigenvalue weighted by molar-refractivity contribution is 5.27. The fourth-order valence-corrected chi connectivity index (χ4v) is 2.04. The topological polar surface area (TPSA) is 40.5 Å². The highest BCUT2D eigenvalue weighted by Gasteiger charge is 2.16. The average molecular weight is 230 g/mol. The third-order valence-electron chi connectivity index (χ3n) is 3.04. The zero-order valence-corrected chi connectivity index (χ0v) is 9.79. The Kier molecular flexibility index (Phi) is 4.13. The number of aliphatic hydroxyl groups is 2. The minimum Gasteiger partial charge on any atom is -0.388 e. The van der Waals surface area contributed by atoms with Crippen molar-refractivity contribution in [1.29, 1.82) is 0 Å². The SMILES string of the molecule is O[C@H](C[C@H](O)c1ccccc1)C1=CCCC=C1. The van der Waals surface area contributed by atoms with Crippen LogP contribution in [0.25, 0.3) is 0 Å². The summed E-state index contributed by atoms with van der Waals surface area (Å²) in [6, 6.07) is 9.46. The first kappa shape index (κ1) is 12.1. The van der Waals surface area contributed by atoms with Crippen LogP contribution in [0.1, 0.15) is 30.9 Å². The number of benzene rings is 1. The molecule has 0 unspecified atom stereocenters. The molecule has 17 heavy (non-hydrogen) atoms. The van der Waals surface area contributed by atoms with Gasteiger partial charge in [0.05, 0.1) is 12.2 Å². The minimum atomic E-state index is -0.609. The van der Waals surface area contributed by atoms with Crippen LogP contribution in [0.4, 0.5) is 0 Å². The predicted molar refractivity (Wildman–Crippen MR) is 68.5 cm³/mol. The van der Waals surface area contributed by atoms with Crippen LogP contribution in [0.3, 0.4) is 0 Å². The van der Waals surface area contributed by atoms with Gasteiger partial charge in [-0.15, -0.1) is 0 Å². The van der Waals surface area contributed by atoms with E-state index in [0.29, 0.717) is 6.42 Å². The van der Waals surface area contributed by atoms with Crippen molar-refractivity contribution in [3.8, 4) is 0 Å². The first-order valence-electron chi connectivity index (χ1n) is 6.05. The van der Waals surface area contributed by atoms with Crippen LogP contribution in [0, 0.1) is 0 Å². The minimum absolute atomic E-state index is 0.347. The summed E-state index contributed by atoms with van der Waals surface area (Å²) < 4.78 is 0. The molecule has 0 spiro atoms. The van der Waals surface area contributed by atoms with E-state index < -0.39 is 12.2 Å². The lowest BCUT2D eigenvalue weighted by molar-refractivity contribution is 0.100. The molecule has 0 saturated heterocycles. The highest BCUT2D eigenvalue weighted by Crippen LogP contribution is 2.23. The van der Waals surface area contributed by atoms with Crippen LogP contribution in [-0.4, -0.2) is 16.3 Å². The molecule has 0 fully saturated rings. The second-order valence-electron chi connectivity index (χ2n) is 4.36. The van der Waals surface area contributed by atoms with Gasteiger partial charge in [0.15, 0.2) is 0 Å². The normalized spacial score (nSPS) is 18.6. The maximum atomic E-state index is 10.0. The highest BCUT2D eigenvalue weighted by atomic mass is 16.3. The molecular formula is C15H18O2. The van der Waals surface area contributed by atoms with Gasteiger partial charge >= 0.3 is 0 Å². The lowest BCUT2D eigenvalue weighted by atomic mass is 9.95. The molecule has 1 aromatic carbocycles. The molecule has 1 aliphatic carbocycles. The Morgan fingerprint density at radius 2 is 1.76 bits per heavy atom. The smallest absolute Gasteiger partial charge is 0.0818 e. The van der Waals surface area contributed by atoms with E-state index in [2.05, 4.69) is 6.08 Å². The molecule has 0 radical (unpaired) electrons. The first-order valence-corrected chi connectivity index (χ1v) is 6.05. The van der Waals surface area contributed by atoms with Crippen molar-refractivity contribution in [2.24, 2.45) is 0 Å². The second-order valence-corrected chi connectivity index (χ2v) is 4.36. The van der Waals surface area contributed by atoms with E-state index in [1.165, 1.54) is 0 Å². The van der Waals surface area contributed by atoms with Gasteiger partial charge in [-0.1, -0.05) is 48.6 Å². The van der Waals surface area contributed by atoms with Crippen LogP contribution in [0.2, 0.25) is 0 Å². The zero-order chi connectivity index (χ0) is 12.1. The molecule has 0 amide bonds. The molecule has 2 rings (SSSR count). The summed E-state index contributed by atoms with van der Waals surface area (Å²) in [5, 5.41) is 20.0. The number of allylic oxidation sites excluding steroid dienone is 2. The fourth-order valence-electron chi connectivity index (χ4n) is 2.04. The zero-order valence-electron chi connectivity index (χ0n) is 9.79. The maximum Gasteiger partial charge on any atom is 0.0818 e. The van der Waals surface area contributed by atoms with Crippen molar-refractivity contribution >= 4 is 0 Å². The molecule has 0 bridgehead atoms. The van der Waals surface area contributed by atoms with E-state index in [4.69, 9.17) is 0 Å². The van der Waals surface area contributed by atoms with E-state index in [1.54, 1.807) is 0 Å². The Hall–Kier alpha value is -1.38. The van der Waals surface area contributed by atoms with Gasteiger partial charge in [-0.3, -0.25) is 0 Å². The molecule has 0 saturated carbocycles. The van der Waals surface area contributed by atoms with E-state index in [1.807, 2.05) is 42.5 Å².